The van der Waals surface area contributed by atoms with Crippen molar-refractivity contribution < 1.29 is 5.11 Å². The van der Waals surface area contributed by atoms with Crippen LogP contribution in [-0.2, 0) is 0 Å². The van der Waals surface area contributed by atoms with Gasteiger partial charge in [-0.05, 0) is 25.7 Å². The summed E-state index contributed by atoms with van der Waals surface area (Å²) in [6.07, 6.45) is 6.64. The molecular formula is C12H17N5O. The maximum Gasteiger partial charge on any atom is 0.158 e. The Hall–Kier alpha value is -1.69. The molecule has 0 amide bonds. The van der Waals surface area contributed by atoms with Gasteiger partial charge in [-0.3, -0.25) is 5.41 Å². The Bertz CT molecular complexity index is 463. The molecule has 2 fully saturated rings. The molecule has 2 bridgehead atoms. The van der Waals surface area contributed by atoms with Crippen LogP contribution in [-0.4, -0.2) is 39.1 Å². The van der Waals surface area contributed by atoms with E-state index in [9.17, 15) is 5.11 Å². The van der Waals surface area contributed by atoms with E-state index in [-0.39, 0.29) is 11.9 Å². The van der Waals surface area contributed by atoms with Gasteiger partial charge in [0.25, 0.3) is 0 Å². The van der Waals surface area contributed by atoms with Crippen LogP contribution >= 0.6 is 0 Å². The van der Waals surface area contributed by atoms with Crippen molar-refractivity contribution in [2.75, 3.05) is 4.90 Å². The molecule has 4 N–H and O–H groups in total. The van der Waals surface area contributed by atoms with Crippen molar-refractivity contribution in [3.05, 3.63) is 18.1 Å². The third-order valence-corrected chi connectivity index (χ3v) is 3.89. The number of nitrogens with zero attached hydrogens (tertiary/aromatic N) is 3. The van der Waals surface area contributed by atoms with Crippen LogP contribution in [0.2, 0.25) is 0 Å². The highest BCUT2D eigenvalue weighted by Gasteiger charge is 2.41. The van der Waals surface area contributed by atoms with E-state index in [2.05, 4.69) is 14.9 Å². The second-order valence-corrected chi connectivity index (χ2v) is 5.06. The number of aliphatic hydroxyl groups is 1. The SMILES string of the molecule is N=C(N)c1nccnc1N1C2CCC1CC(O)C2. The average molecular weight is 247 g/mol. The van der Waals surface area contributed by atoms with Crippen LogP contribution in [0.15, 0.2) is 12.4 Å². The number of nitrogen functional groups attached to an aromatic ring is 1. The van der Waals surface area contributed by atoms with Crippen LogP contribution in [0.5, 0.6) is 0 Å². The van der Waals surface area contributed by atoms with Gasteiger partial charge < -0.3 is 15.7 Å². The van der Waals surface area contributed by atoms with Crippen molar-refractivity contribution in [1.82, 2.24) is 9.97 Å². The number of nitrogens with two attached hydrogens (primary N) is 1. The summed E-state index contributed by atoms with van der Waals surface area (Å²) >= 11 is 0. The summed E-state index contributed by atoms with van der Waals surface area (Å²) in [5, 5.41) is 17.4. The first kappa shape index (κ1) is 11.4. The van der Waals surface area contributed by atoms with Gasteiger partial charge in [0.15, 0.2) is 5.82 Å². The first-order valence-corrected chi connectivity index (χ1v) is 6.28. The molecule has 0 aliphatic carbocycles. The van der Waals surface area contributed by atoms with E-state index in [1.807, 2.05) is 0 Å². The van der Waals surface area contributed by atoms with E-state index < -0.39 is 0 Å². The van der Waals surface area contributed by atoms with Crippen LogP contribution in [0, 0.1) is 5.41 Å². The summed E-state index contributed by atoms with van der Waals surface area (Å²) in [5.74, 6) is 0.646. The van der Waals surface area contributed by atoms with Crippen molar-refractivity contribution in [3.8, 4) is 0 Å². The van der Waals surface area contributed by atoms with Gasteiger partial charge in [-0.25, -0.2) is 9.97 Å². The maximum absolute atomic E-state index is 9.80. The monoisotopic (exact) mass is 247 g/mol. The van der Waals surface area contributed by atoms with Crippen molar-refractivity contribution in [3.63, 3.8) is 0 Å². The summed E-state index contributed by atoms with van der Waals surface area (Å²) < 4.78 is 0. The van der Waals surface area contributed by atoms with Crippen molar-refractivity contribution in [2.24, 2.45) is 5.73 Å². The molecule has 2 aliphatic rings. The van der Waals surface area contributed by atoms with Gasteiger partial charge in [-0.2, -0.15) is 0 Å². The Balaban J connectivity index is 1.99. The predicted molar refractivity (Wildman–Crippen MR) is 67.6 cm³/mol. The number of aromatic nitrogens is 2. The first-order chi connectivity index (χ1) is 8.66. The Morgan fingerprint density at radius 2 is 1.89 bits per heavy atom. The summed E-state index contributed by atoms with van der Waals surface area (Å²) in [7, 11) is 0. The van der Waals surface area contributed by atoms with Gasteiger partial charge >= 0.3 is 0 Å². The normalized spacial score (nSPS) is 30.5. The van der Waals surface area contributed by atoms with Crippen LogP contribution in [0.3, 0.4) is 0 Å². The van der Waals surface area contributed by atoms with Gasteiger partial charge in [0.05, 0.1) is 6.10 Å². The third kappa shape index (κ3) is 1.73. The predicted octanol–water partition coefficient (Wildman–Crippen LogP) is 0.253. The minimum Gasteiger partial charge on any atom is -0.393 e. The lowest BCUT2D eigenvalue weighted by Gasteiger charge is -2.38. The van der Waals surface area contributed by atoms with E-state index in [1.54, 1.807) is 12.4 Å². The number of hydrogen-bond donors (Lipinski definition) is 3. The lowest BCUT2D eigenvalue weighted by Crippen LogP contribution is -2.46. The fourth-order valence-corrected chi connectivity index (χ4v) is 3.20. The van der Waals surface area contributed by atoms with E-state index in [0.29, 0.717) is 23.6 Å². The molecule has 0 spiro atoms. The second-order valence-electron chi connectivity index (χ2n) is 5.06. The number of nitrogens with one attached hydrogen (secondary N) is 1. The summed E-state index contributed by atoms with van der Waals surface area (Å²) in [4.78, 5) is 10.7. The van der Waals surface area contributed by atoms with Crippen LogP contribution in [0.4, 0.5) is 5.82 Å². The largest absolute Gasteiger partial charge is 0.393 e. The number of hydrogen-bond acceptors (Lipinski definition) is 5. The maximum atomic E-state index is 9.80. The molecule has 0 aromatic carbocycles. The van der Waals surface area contributed by atoms with Crippen molar-refractivity contribution in [2.45, 2.75) is 43.9 Å². The molecule has 0 radical (unpaired) electrons. The zero-order valence-electron chi connectivity index (χ0n) is 10.1. The minimum absolute atomic E-state index is 0.0522. The highest BCUT2D eigenvalue weighted by atomic mass is 16.3. The Labute approximate surface area is 105 Å². The van der Waals surface area contributed by atoms with E-state index >= 15 is 0 Å². The molecule has 3 heterocycles. The lowest BCUT2D eigenvalue weighted by molar-refractivity contribution is 0.126. The summed E-state index contributed by atoms with van der Waals surface area (Å²) in [5.41, 5.74) is 6.01. The molecule has 18 heavy (non-hydrogen) atoms. The number of anilines is 1. The fourth-order valence-electron chi connectivity index (χ4n) is 3.20. The Morgan fingerprint density at radius 1 is 1.28 bits per heavy atom. The minimum atomic E-state index is -0.212. The van der Waals surface area contributed by atoms with E-state index in [4.69, 9.17) is 11.1 Å². The number of piperidine rings is 1. The van der Waals surface area contributed by atoms with E-state index in [0.717, 1.165) is 25.7 Å². The van der Waals surface area contributed by atoms with Gasteiger partial charge in [-0.15, -0.1) is 0 Å². The Morgan fingerprint density at radius 3 is 2.50 bits per heavy atom. The molecule has 2 atom stereocenters. The highest BCUT2D eigenvalue weighted by Crippen LogP contribution is 2.39. The summed E-state index contributed by atoms with van der Waals surface area (Å²) in [6, 6.07) is 0.599. The zero-order chi connectivity index (χ0) is 12.7. The first-order valence-electron chi connectivity index (χ1n) is 6.28. The molecule has 3 rings (SSSR count). The van der Waals surface area contributed by atoms with Gasteiger partial charge in [0.2, 0.25) is 0 Å². The Kier molecular flexibility index (Phi) is 2.66. The molecular weight excluding hydrogens is 230 g/mol. The molecule has 1 aromatic heterocycles. The van der Waals surface area contributed by atoms with Crippen LogP contribution in [0.1, 0.15) is 31.4 Å². The van der Waals surface area contributed by atoms with Crippen molar-refractivity contribution >= 4 is 11.7 Å². The number of rotatable bonds is 2. The number of fused-ring (bicyclic) bond motifs is 2. The van der Waals surface area contributed by atoms with E-state index in [1.165, 1.54) is 0 Å². The lowest BCUT2D eigenvalue weighted by atomic mass is 9.99. The average Bonchev–Trinajstić information content (AvgIpc) is 2.61. The molecule has 2 saturated heterocycles. The molecule has 1 aromatic rings. The summed E-state index contributed by atoms with van der Waals surface area (Å²) in [6.45, 7) is 0. The third-order valence-electron chi connectivity index (χ3n) is 3.89. The smallest absolute Gasteiger partial charge is 0.158 e. The molecule has 6 heteroatoms. The number of amidine groups is 1. The van der Waals surface area contributed by atoms with Crippen molar-refractivity contribution in [1.29, 1.82) is 5.41 Å². The molecule has 6 nitrogen and oxygen atoms in total. The molecule has 2 unspecified atom stereocenters. The quantitative estimate of drug-likeness (QED) is 0.514. The molecule has 0 saturated carbocycles. The number of aliphatic hydroxyl groups excluding tert-OH is 1. The van der Waals surface area contributed by atoms with Crippen LogP contribution in [0.25, 0.3) is 0 Å². The zero-order valence-corrected chi connectivity index (χ0v) is 10.1. The van der Waals surface area contributed by atoms with Crippen LogP contribution < -0.4 is 10.6 Å². The van der Waals surface area contributed by atoms with Gasteiger partial charge in [0, 0.05) is 24.5 Å². The highest BCUT2D eigenvalue weighted by molar-refractivity contribution is 5.97. The van der Waals surface area contributed by atoms with Gasteiger partial charge in [0.1, 0.15) is 11.5 Å². The second kappa shape index (κ2) is 4.20. The molecule has 2 aliphatic heterocycles. The standard InChI is InChI=1S/C12H17N5O/c13-11(14)10-12(16-4-3-15-10)17-7-1-2-8(17)6-9(18)5-7/h3-4,7-9,18H,1-2,5-6H2,(H3,13,14). The topological polar surface area (TPSA) is 99.1 Å². The van der Waals surface area contributed by atoms with Gasteiger partial charge in [-0.1, -0.05) is 0 Å². The molecule has 96 valence electrons. The fraction of sp³-hybridized carbons (Fsp3) is 0.583.